The summed E-state index contributed by atoms with van der Waals surface area (Å²) in [5.41, 5.74) is -0.389. The average molecular weight is 99.9 g/mol. The average Bonchev–Trinajstić information content (AvgIpc) is 1.31. The first-order valence-corrected chi connectivity index (χ1v) is 2.34. The van der Waals surface area contributed by atoms with E-state index in [-0.39, 0.29) is 5.41 Å². The van der Waals surface area contributed by atoms with E-state index in [2.05, 4.69) is 0 Å². The van der Waals surface area contributed by atoms with Gasteiger partial charge in [-0.15, -0.1) is 0 Å². The van der Waals surface area contributed by atoms with Crippen LogP contribution in [0.5, 0.6) is 0 Å². The highest BCUT2D eigenvalue weighted by atomic mass is 19.1. The van der Waals surface area contributed by atoms with Gasteiger partial charge in [0.1, 0.15) is 7.85 Å². The highest BCUT2D eigenvalue weighted by Crippen LogP contribution is 2.18. The van der Waals surface area contributed by atoms with Gasteiger partial charge in [0.15, 0.2) is 0 Å². The van der Waals surface area contributed by atoms with E-state index in [1.54, 1.807) is 20.8 Å². The van der Waals surface area contributed by atoms with Crippen molar-refractivity contribution in [1.29, 1.82) is 0 Å². The Morgan fingerprint density at radius 1 is 1.43 bits per heavy atom. The number of alkyl halides is 1. The summed E-state index contributed by atoms with van der Waals surface area (Å²) in [5, 5.41) is 0. The number of rotatable bonds is 0. The molecule has 2 radical (unpaired) electrons. The quantitative estimate of drug-likeness (QED) is 0.404. The molecule has 40 valence electrons. The predicted octanol–water partition coefficient (Wildman–Crippen LogP) is 1.50. The summed E-state index contributed by atoms with van der Waals surface area (Å²) in [5.74, 6) is 0. The Morgan fingerprint density at radius 3 is 1.57 bits per heavy atom. The molecule has 0 saturated carbocycles. The molecule has 0 N–H and O–H groups in total. The third-order valence-electron chi connectivity index (χ3n) is 0.827. The topological polar surface area (TPSA) is 0 Å². The molecule has 0 aromatic rings. The van der Waals surface area contributed by atoms with Gasteiger partial charge < -0.3 is 0 Å². The van der Waals surface area contributed by atoms with Crippen LogP contribution in [0.1, 0.15) is 20.8 Å². The molecule has 0 rings (SSSR count). The third kappa shape index (κ3) is 2.66. The second-order valence-electron chi connectivity index (χ2n) is 2.77. The van der Waals surface area contributed by atoms with Gasteiger partial charge >= 0.3 is 0 Å². The van der Waals surface area contributed by atoms with E-state index in [1.807, 2.05) is 0 Å². The number of halogens is 1. The molecule has 0 nitrogen and oxygen atoms in total. The molecular formula is C5H10BF. The normalized spacial score (nSPS) is 16.6. The van der Waals surface area contributed by atoms with Gasteiger partial charge in [-0.05, 0) is 5.41 Å². The summed E-state index contributed by atoms with van der Waals surface area (Å²) in [7, 11) is 4.90. The van der Waals surface area contributed by atoms with Crippen molar-refractivity contribution >= 4 is 7.85 Å². The van der Waals surface area contributed by atoms with Gasteiger partial charge in [0.05, 0.1) is 6.07 Å². The molecular weight excluding hydrogens is 89.9 g/mol. The summed E-state index contributed by atoms with van der Waals surface area (Å²) in [6.07, 6.45) is -1.20. The minimum absolute atomic E-state index is 0.389. The molecule has 0 aromatic heterocycles. The van der Waals surface area contributed by atoms with Crippen molar-refractivity contribution in [3.63, 3.8) is 0 Å². The first kappa shape index (κ1) is 6.99. The van der Waals surface area contributed by atoms with Crippen LogP contribution in [0.4, 0.5) is 4.39 Å². The first-order valence-electron chi connectivity index (χ1n) is 2.34. The van der Waals surface area contributed by atoms with Crippen molar-refractivity contribution in [2.24, 2.45) is 5.41 Å². The molecule has 1 atom stereocenters. The minimum Gasteiger partial charge on any atom is -0.258 e. The van der Waals surface area contributed by atoms with E-state index in [1.165, 1.54) is 0 Å². The van der Waals surface area contributed by atoms with Crippen LogP contribution in [0.2, 0.25) is 0 Å². The molecule has 0 aliphatic carbocycles. The maximum absolute atomic E-state index is 12.0. The SMILES string of the molecule is [B]C(F)C(C)(C)C. The van der Waals surface area contributed by atoms with E-state index < -0.39 is 6.07 Å². The van der Waals surface area contributed by atoms with Gasteiger partial charge in [0.2, 0.25) is 0 Å². The molecule has 0 bridgehead atoms. The molecule has 2 heteroatoms. The molecule has 7 heavy (non-hydrogen) atoms. The molecule has 0 fully saturated rings. The summed E-state index contributed by atoms with van der Waals surface area (Å²) in [6, 6.07) is 0. The highest BCUT2D eigenvalue weighted by Gasteiger charge is 2.17. The van der Waals surface area contributed by atoms with E-state index in [4.69, 9.17) is 7.85 Å². The van der Waals surface area contributed by atoms with Crippen LogP contribution in [-0.4, -0.2) is 13.9 Å². The standard InChI is InChI=1S/C5H10BF/c1-5(2,3)4(6)7/h4H,1-3H3. The Labute approximate surface area is 45.5 Å². The van der Waals surface area contributed by atoms with Crippen molar-refractivity contribution in [1.82, 2.24) is 0 Å². The lowest BCUT2D eigenvalue weighted by molar-refractivity contribution is 0.242. The molecule has 0 amide bonds. The lowest BCUT2D eigenvalue weighted by atomic mass is 9.79. The number of hydrogen-bond acceptors (Lipinski definition) is 0. The van der Waals surface area contributed by atoms with Crippen LogP contribution in [0.25, 0.3) is 0 Å². The van der Waals surface area contributed by atoms with Gasteiger partial charge in [-0.1, -0.05) is 20.8 Å². The summed E-state index contributed by atoms with van der Waals surface area (Å²) < 4.78 is 12.0. The minimum atomic E-state index is -1.20. The molecule has 1 unspecified atom stereocenters. The van der Waals surface area contributed by atoms with Crippen LogP contribution in [-0.2, 0) is 0 Å². The van der Waals surface area contributed by atoms with Gasteiger partial charge in [-0.2, -0.15) is 0 Å². The van der Waals surface area contributed by atoms with Crippen molar-refractivity contribution in [3.8, 4) is 0 Å². The monoisotopic (exact) mass is 100 g/mol. The van der Waals surface area contributed by atoms with Gasteiger partial charge in [0, 0.05) is 0 Å². The molecule has 0 saturated heterocycles. The zero-order valence-electron chi connectivity index (χ0n) is 5.03. The lowest BCUT2D eigenvalue weighted by Gasteiger charge is -2.19. The first-order chi connectivity index (χ1) is 2.94. The summed E-state index contributed by atoms with van der Waals surface area (Å²) in [6.45, 7) is 5.28. The fourth-order valence-corrected chi connectivity index (χ4v) is 0. The van der Waals surface area contributed by atoms with Crippen molar-refractivity contribution in [2.75, 3.05) is 0 Å². The Kier molecular flexibility index (Phi) is 1.85. The molecule has 0 aliphatic rings. The Balaban J connectivity index is 3.54. The zero-order valence-corrected chi connectivity index (χ0v) is 5.03. The van der Waals surface area contributed by atoms with Crippen LogP contribution in [0, 0.1) is 5.41 Å². The molecule has 0 aromatic carbocycles. The summed E-state index contributed by atoms with van der Waals surface area (Å²) >= 11 is 0. The lowest BCUT2D eigenvalue weighted by Crippen LogP contribution is -2.21. The zero-order chi connectivity index (χ0) is 6.08. The fourth-order valence-electron chi connectivity index (χ4n) is 0. The van der Waals surface area contributed by atoms with E-state index in [0.29, 0.717) is 0 Å². The van der Waals surface area contributed by atoms with Gasteiger partial charge in [0.25, 0.3) is 0 Å². The van der Waals surface area contributed by atoms with E-state index >= 15 is 0 Å². The Bertz CT molecular complexity index is 53.6. The third-order valence-corrected chi connectivity index (χ3v) is 0.827. The second-order valence-corrected chi connectivity index (χ2v) is 2.77. The fraction of sp³-hybridized carbons (Fsp3) is 1.00. The molecule has 0 aliphatic heterocycles. The van der Waals surface area contributed by atoms with Crippen LogP contribution in [0.3, 0.4) is 0 Å². The van der Waals surface area contributed by atoms with E-state index in [9.17, 15) is 4.39 Å². The van der Waals surface area contributed by atoms with Gasteiger partial charge in [-0.25, -0.2) is 0 Å². The van der Waals surface area contributed by atoms with Crippen LogP contribution >= 0.6 is 0 Å². The van der Waals surface area contributed by atoms with Crippen molar-refractivity contribution < 1.29 is 4.39 Å². The van der Waals surface area contributed by atoms with E-state index in [0.717, 1.165) is 0 Å². The molecule has 0 heterocycles. The van der Waals surface area contributed by atoms with Crippen molar-refractivity contribution in [3.05, 3.63) is 0 Å². The van der Waals surface area contributed by atoms with Crippen LogP contribution in [0.15, 0.2) is 0 Å². The smallest absolute Gasteiger partial charge is 0.117 e. The number of hydrogen-bond donors (Lipinski definition) is 0. The maximum Gasteiger partial charge on any atom is 0.117 e. The highest BCUT2D eigenvalue weighted by molar-refractivity contribution is 6.11. The maximum atomic E-state index is 12.0. The van der Waals surface area contributed by atoms with Gasteiger partial charge in [-0.3, -0.25) is 4.39 Å². The van der Waals surface area contributed by atoms with Crippen LogP contribution < -0.4 is 0 Å². The largest absolute Gasteiger partial charge is 0.258 e. The predicted molar refractivity (Wildman–Crippen MR) is 30.1 cm³/mol. The summed E-state index contributed by atoms with van der Waals surface area (Å²) in [4.78, 5) is 0. The Morgan fingerprint density at radius 2 is 1.57 bits per heavy atom. The van der Waals surface area contributed by atoms with Crippen molar-refractivity contribution in [2.45, 2.75) is 26.8 Å². The Hall–Kier alpha value is -0.00506. The second kappa shape index (κ2) is 1.85. The molecule has 0 spiro atoms.